The van der Waals surface area contributed by atoms with Gasteiger partial charge < -0.3 is 9.47 Å². The van der Waals surface area contributed by atoms with Crippen molar-refractivity contribution in [1.82, 2.24) is 0 Å². The second kappa shape index (κ2) is 7.17. The smallest absolute Gasteiger partial charge is 0.338 e. The summed E-state index contributed by atoms with van der Waals surface area (Å²) in [6.45, 7) is -0.448. The molecule has 0 aromatic heterocycles. The van der Waals surface area contributed by atoms with Crippen LogP contribution in [0.3, 0.4) is 0 Å². The molecule has 0 spiro atoms. The number of carbonyl (C=O) groups excluding carboxylic acids is 2. The van der Waals surface area contributed by atoms with E-state index in [1.807, 2.05) is 0 Å². The molecular weight excluding hydrogens is 302 g/mol. The number of Topliss-reactive ketones (excluding diaryl/α,β-unsaturated/α-hetero) is 1. The Morgan fingerprint density at radius 2 is 1.74 bits per heavy atom. The van der Waals surface area contributed by atoms with Crippen molar-refractivity contribution in [2.75, 3.05) is 13.7 Å². The summed E-state index contributed by atoms with van der Waals surface area (Å²) in [7, 11) is 1.44. The van der Waals surface area contributed by atoms with Crippen LogP contribution in [0.1, 0.15) is 20.7 Å². The highest BCUT2D eigenvalue weighted by molar-refractivity contribution is 6.01. The van der Waals surface area contributed by atoms with Crippen molar-refractivity contribution >= 4 is 17.4 Å². The molecule has 0 N–H and O–H groups in total. The molecule has 0 aliphatic carbocycles. The second-order valence-corrected chi connectivity index (χ2v) is 4.50. The number of methoxy groups -OCH3 is 1. The fourth-order valence-electron chi connectivity index (χ4n) is 1.89. The molecule has 118 valence electrons. The molecule has 0 saturated carbocycles. The van der Waals surface area contributed by atoms with Gasteiger partial charge in [-0.1, -0.05) is 12.1 Å². The highest BCUT2D eigenvalue weighted by Gasteiger charge is 2.15. The van der Waals surface area contributed by atoms with Crippen LogP contribution in [-0.2, 0) is 4.74 Å². The maximum absolute atomic E-state index is 12.1. The van der Waals surface area contributed by atoms with Gasteiger partial charge in [0.05, 0.1) is 23.2 Å². The minimum absolute atomic E-state index is 0.128. The number of rotatable bonds is 6. The van der Waals surface area contributed by atoms with Crippen molar-refractivity contribution in [1.29, 1.82) is 0 Å². The van der Waals surface area contributed by atoms with Gasteiger partial charge in [-0.3, -0.25) is 14.9 Å². The van der Waals surface area contributed by atoms with E-state index in [-0.39, 0.29) is 11.3 Å². The van der Waals surface area contributed by atoms with E-state index in [0.29, 0.717) is 11.3 Å². The minimum atomic E-state index is -0.733. The molecule has 0 aliphatic rings. The largest absolute Gasteiger partial charge is 0.496 e. The number of para-hydroxylation sites is 1. The molecule has 2 rings (SSSR count). The number of ether oxygens (including phenoxy) is 2. The predicted molar refractivity (Wildman–Crippen MR) is 80.7 cm³/mol. The van der Waals surface area contributed by atoms with Gasteiger partial charge in [-0.2, -0.15) is 0 Å². The summed E-state index contributed by atoms with van der Waals surface area (Å²) in [4.78, 5) is 33.9. The first kappa shape index (κ1) is 16.2. The van der Waals surface area contributed by atoms with E-state index in [0.717, 1.165) is 0 Å². The van der Waals surface area contributed by atoms with E-state index in [9.17, 15) is 19.7 Å². The van der Waals surface area contributed by atoms with Crippen molar-refractivity contribution < 1.29 is 24.0 Å². The number of nitro groups is 1. The zero-order valence-electron chi connectivity index (χ0n) is 12.2. The van der Waals surface area contributed by atoms with Gasteiger partial charge in [0.15, 0.2) is 6.61 Å². The summed E-state index contributed by atoms with van der Waals surface area (Å²) in [6, 6.07) is 11.5. The molecule has 0 fully saturated rings. The van der Waals surface area contributed by atoms with E-state index >= 15 is 0 Å². The zero-order chi connectivity index (χ0) is 16.8. The minimum Gasteiger partial charge on any atom is -0.496 e. The van der Waals surface area contributed by atoms with Gasteiger partial charge >= 0.3 is 5.97 Å². The van der Waals surface area contributed by atoms with Crippen LogP contribution in [0, 0.1) is 10.1 Å². The maximum Gasteiger partial charge on any atom is 0.338 e. The number of nitrogens with zero attached hydrogens (tertiary/aromatic N) is 1. The van der Waals surface area contributed by atoms with E-state index < -0.39 is 23.3 Å². The Kier molecular flexibility index (Phi) is 5.03. The maximum atomic E-state index is 12.1. The van der Waals surface area contributed by atoms with Gasteiger partial charge in [0.2, 0.25) is 5.78 Å². The molecule has 2 aromatic carbocycles. The fraction of sp³-hybridized carbons (Fsp3) is 0.125. The number of non-ortho nitro benzene ring substituents is 1. The SMILES string of the molecule is COc1ccccc1C(=O)COC(=O)c1ccc([N+](=O)[O-])cc1. The summed E-state index contributed by atoms with van der Waals surface area (Å²) < 4.78 is 10.00. The van der Waals surface area contributed by atoms with Crippen molar-refractivity contribution in [3.8, 4) is 5.75 Å². The van der Waals surface area contributed by atoms with E-state index in [1.54, 1.807) is 24.3 Å². The normalized spacial score (nSPS) is 9.96. The fourth-order valence-corrected chi connectivity index (χ4v) is 1.89. The van der Waals surface area contributed by atoms with E-state index in [2.05, 4.69) is 0 Å². The van der Waals surface area contributed by atoms with Gasteiger partial charge in [0.25, 0.3) is 5.69 Å². The van der Waals surface area contributed by atoms with Crippen LogP contribution in [-0.4, -0.2) is 30.4 Å². The van der Waals surface area contributed by atoms with Crippen LogP contribution in [0.15, 0.2) is 48.5 Å². The number of hydrogen-bond acceptors (Lipinski definition) is 6. The second-order valence-electron chi connectivity index (χ2n) is 4.50. The molecule has 0 atom stereocenters. The van der Waals surface area contributed by atoms with Crippen molar-refractivity contribution in [2.24, 2.45) is 0 Å². The zero-order valence-corrected chi connectivity index (χ0v) is 12.2. The lowest BCUT2D eigenvalue weighted by molar-refractivity contribution is -0.384. The van der Waals surface area contributed by atoms with E-state index in [1.165, 1.54) is 31.4 Å². The van der Waals surface area contributed by atoms with Crippen LogP contribution in [0.25, 0.3) is 0 Å². The number of benzene rings is 2. The Labute approximate surface area is 131 Å². The van der Waals surface area contributed by atoms with Gasteiger partial charge in [0.1, 0.15) is 5.75 Å². The summed E-state index contributed by atoms with van der Waals surface area (Å²) in [6.07, 6.45) is 0. The van der Waals surface area contributed by atoms with Gasteiger partial charge in [-0.15, -0.1) is 0 Å². The molecule has 23 heavy (non-hydrogen) atoms. The van der Waals surface area contributed by atoms with Crippen LogP contribution >= 0.6 is 0 Å². The standard InChI is InChI=1S/C16H13NO6/c1-22-15-5-3-2-4-13(15)14(18)10-23-16(19)11-6-8-12(9-7-11)17(20)21/h2-9H,10H2,1H3. The van der Waals surface area contributed by atoms with Crippen LogP contribution in [0.2, 0.25) is 0 Å². The Hall–Kier alpha value is -3.22. The summed E-state index contributed by atoms with van der Waals surface area (Å²) in [5.74, 6) is -0.746. The Bertz CT molecular complexity index is 738. The van der Waals surface area contributed by atoms with Crippen LogP contribution < -0.4 is 4.74 Å². The molecule has 0 aliphatic heterocycles. The van der Waals surface area contributed by atoms with Crippen LogP contribution in [0.5, 0.6) is 5.75 Å². The lowest BCUT2D eigenvalue weighted by Gasteiger charge is -2.08. The topological polar surface area (TPSA) is 95.7 Å². The summed E-state index contributed by atoms with van der Waals surface area (Å²) in [5.41, 5.74) is 0.307. The number of carbonyl (C=O) groups is 2. The molecule has 0 amide bonds. The Morgan fingerprint density at radius 1 is 1.09 bits per heavy atom. The van der Waals surface area contributed by atoms with E-state index in [4.69, 9.17) is 9.47 Å². The van der Waals surface area contributed by atoms with Crippen molar-refractivity contribution in [3.05, 3.63) is 69.8 Å². The first-order valence-electron chi connectivity index (χ1n) is 6.60. The third-order valence-corrected chi connectivity index (χ3v) is 3.06. The monoisotopic (exact) mass is 315 g/mol. The third-order valence-electron chi connectivity index (χ3n) is 3.06. The number of esters is 1. The molecule has 0 heterocycles. The Morgan fingerprint density at radius 3 is 2.35 bits per heavy atom. The Balaban J connectivity index is 2.01. The molecular formula is C16H13NO6. The predicted octanol–water partition coefficient (Wildman–Crippen LogP) is 2.64. The summed E-state index contributed by atoms with van der Waals surface area (Å²) >= 11 is 0. The molecule has 0 radical (unpaired) electrons. The summed E-state index contributed by atoms with van der Waals surface area (Å²) in [5, 5.41) is 10.5. The van der Waals surface area contributed by atoms with Gasteiger partial charge in [-0.25, -0.2) is 4.79 Å². The molecule has 0 unspecified atom stereocenters. The molecule has 0 saturated heterocycles. The molecule has 2 aromatic rings. The average Bonchev–Trinajstić information content (AvgIpc) is 2.59. The number of nitro benzene ring substituents is 1. The number of ketones is 1. The quantitative estimate of drug-likeness (QED) is 0.352. The van der Waals surface area contributed by atoms with Crippen molar-refractivity contribution in [3.63, 3.8) is 0 Å². The first-order valence-corrected chi connectivity index (χ1v) is 6.60. The molecule has 7 heteroatoms. The van der Waals surface area contributed by atoms with Gasteiger partial charge in [-0.05, 0) is 24.3 Å². The highest BCUT2D eigenvalue weighted by atomic mass is 16.6. The van der Waals surface area contributed by atoms with Crippen LogP contribution in [0.4, 0.5) is 5.69 Å². The molecule has 0 bridgehead atoms. The first-order chi connectivity index (χ1) is 11.0. The molecule has 7 nitrogen and oxygen atoms in total. The highest BCUT2D eigenvalue weighted by Crippen LogP contribution is 2.18. The third kappa shape index (κ3) is 3.91. The van der Waals surface area contributed by atoms with Gasteiger partial charge in [0, 0.05) is 12.1 Å². The lowest BCUT2D eigenvalue weighted by Crippen LogP contribution is -2.15. The number of hydrogen-bond donors (Lipinski definition) is 0. The lowest BCUT2D eigenvalue weighted by atomic mass is 10.1. The average molecular weight is 315 g/mol. The van der Waals surface area contributed by atoms with Crippen molar-refractivity contribution in [2.45, 2.75) is 0 Å².